The summed E-state index contributed by atoms with van der Waals surface area (Å²) >= 11 is 5.18. The van der Waals surface area contributed by atoms with Crippen LogP contribution in [-0.4, -0.2) is 39.9 Å². The molecule has 1 N–H and O–H groups in total. The first-order valence-corrected chi connectivity index (χ1v) is 7.11. The lowest BCUT2D eigenvalue weighted by atomic mass is 10.2. The minimum Gasteiger partial charge on any atom is -0.464 e. The maximum Gasteiger partial charge on any atom is 0.356 e. The molecule has 0 spiro atoms. The molecule has 0 bridgehead atoms. The van der Waals surface area contributed by atoms with Gasteiger partial charge in [-0.3, -0.25) is 19.9 Å². The van der Waals surface area contributed by atoms with Gasteiger partial charge in [0.2, 0.25) is 5.91 Å². The highest BCUT2D eigenvalue weighted by Crippen LogP contribution is 2.14. The molecule has 0 unspecified atom stereocenters. The van der Waals surface area contributed by atoms with Gasteiger partial charge in [-0.05, 0) is 17.8 Å². The lowest BCUT2D eigenvalue weighted by Crippen LogP contribution is -2.49. The van der Waals surface area contributed by atoms with Gasteiger partial charge in [0, 0.05) is 13.0 Å². The summed E-state index contributed by atoms with van der Waals surface area (Å²) in [5.74, 6) is -1.83. The Morgan fingerprint density at radius 1 is 1.26 bits per heavy atom. The Morgan fingerprint density at radius 2 is 1.91 bits per heavy atom. The van der Waals surface area contributed by atoms with Crippen molar-refractivity contribution in [1.29, 1.82) is 0 Å². The number of nitrogens with one attached hydrogen (secondary N) is 1. The van der Waals surface area contributed by atoms with Crippen molar-refractivity contribution < 1.29 is 19.1 Å². The van der Waals surface area contributed by atoms with Gasteiger partial charge in [0.05, 0.1) is 13.7 Å². The number of rotatable bonds is 3. The van der Waals surface area contributed by atoms with Crippen molar-refractivity contribution in [3.63, 3.8) is 0 Å². The van der Waals surface area contributed by atoms with Crippen LogP contribution < -0.4 is 5.43 Å². The number of ether oxygens (including phenoxy) is 1. The quantitative estimate of drug-likeness (QED) is 0.649. The van der Waals surface area contributed by atoms with Crippen LogP contribution >= 0.6 is 12.2 Å². The monoisotopic (exact) mass is 333 g/mol. The average Bonchev–Trinajstić information content (AvgIpc) is 2.66. The maximum atomic E-state index is 12.4. The molecule has 0 aliphatic carbocycles. The van der Waals surface area contributed by atoms with Gasteiger partial charge in [-0.15, -0.1) is 0 Å². The summed E-state index contributed by atoms with van der Waals surface area (Å²) in [6, 6.07) is 9.22. The first kappa shape index (κ1) is 16.6. The van der Waals surface area contributed by atoms with E-state index in [2.05, 4.69) is 10.2 Å². The summed E-state index contributed by atoms with van der Waals surface area (Å²) in [6.45, 7) is 1.45. The molecule has 0 saturated heterocycles. The molecule has 1 heterocycles. The number of carbonyl (C=O) groups is 3. The molecule has 1 aromatic rings. The van der Waals surface area contributed by atoms with Crippen molar-refractivity contribution in [3.05, 3.63) is 47.7 Å². The number of hydrazine groups is 1. The second kappa shape index (κ2) is 7.01. The lowest BCUT2D eigenvalue weighted by Gasteiger charge is -2.25. The summed E-state index contributed by atoms with van der Waals surface area (Å²) in [6.07, 6.45) is 1.03. The van der Waals surface area contributed by atoms with E-state index in [-0.39, 0.29) is 17.4 Å². The Labute approximate surface area is 138 Å². The van der Waals surface area contributed by atoms with E-state index in [0.29, 0.717) is 0 Å². The minimum atomic E-state index is -0.814. The summed E-state index contributed by atoms with van der Waals surface area (Å²) in [4.78, 5) is 37.2. The van der Waals surface area contributed by atoms with Gasteiger partial charge in [0.25, 0.3) is 5.91 Å². The molecule has 8 heteroatoms. The maximum absolute atomic E-state index is 12.4. The van der Waals surface area contributed by atoms with E-state index in [9.17, 15) is 14.4 Å². The predicted octanol–water partition coefficient (Wildman–Crippen LogP) is 0.724. The highest BCUT2D eigenvalue weighted by Gasteiger charge is 2.31. The van der Waals surface area contributed by atoms with Crippen molar-refractivity contribution >= 4 is 35.1 Å². The Balaban J connectivity index is 2.35. The van der Waals surface area contributed by atoms with E-state index in [4.69, 9.17) is 12.2 Å². The van der Waals surface area contributed by atoms with Crippen molar-refractivity contribution in [1.82, 2.24) is 15.3 Å². The van der Waals surface area contributed by atoms with Crippen molar-refractivity contribution in [2.45, 2.75) is 13.5 Å². The number of thiocarbonyl (C=S) groups is 1. The van der Waals surface area contributed by atoms with E-state index >= 15 is 0 Å². The van der Waals surface area contributed by atoms with Crippen LogP contribution in [0.25, 0.3) is 0 Å². The highest BCUT2D eigenvalue weighted by molar-refractivity contribution is 7.80. The van der Waals surface area contributed by atoms with Crippen molar-refractivity contribution in [3.8, 4) is 0 Å². The smallest absolute Gasteiger partial charge is 0.356 e. The van der Waals surface area contributed by atoms with Gasteiger partial charge < -0.3 is 4.74 Å². The topological polar surface area (TPSA) is 79.0 Å². The van der Waals surface area contributed by atoms with Gasteiger partial charge in [-0.25, -0.2) is 9.80 Å². The number of amides is 2. The highest BCUT2D eigenvalue weighted by atomic mass is 32.1. The number of benzene rings is 1. The van der Waals surface area contributed by atoms with E-state index in [1.165, 1.54) is 11.8 Å². The zero-order chi connectivity index (χ0) is 17.0. The van der Waals surface area contributed by atoms with Crippen LogP contribution in [0.3, 0.4) is 0 Å². The number of hydrogen-bond donors (Lipinski definition) is 1. The first-order valence-electron chi connectivity index (χ1n) is 6.70. The van der Waals surface area contributed by atoms with Crippen LogP contribution in [0.4, 0.5) is 0 Å². The van der Waals surface area contributed by atoms with E-state index in [0.717, 1.165) is 23.8 Å². The molecule has 0 aromatic heterocycles. The molecule has 2 rings (SSSR count). The Morgan fingerprint density at radius 3 is 2.48 bits per heavy atom. The van der Waals surface area contributed by atoms with Crippen LogP contribution in [0.2, 0.25) is 0 Å². The average molecular weight is 333 g/mol. The zero-order valence-corrected chi connectivity index (χ0v) is 13.4. The molecule has 0 fully saturated rings. The SMILES string of the molecule is COC(=O)C1=CC(=O)N(Cc2ccccc2)C(=S)NN1C(C)=O. The molecule has 7 nitrogen and oxygen atoms in total. The molecular formula is C15H15N3O4S. The van der Waals surface area contributed by atoms with Gasteiger partial charge in [0.15, 0.2) is 10.8 Å². The predicted molar refractivity (Wildman–Crippen MR) is 85.3 cm³/mol. The van der Waals surface area contributed by atoms with Gasteiger partial charge in [0.1, 0.15) is 0 Å². The molecule has 1 aliphatic rings. The zero-order valence-electron chi connectivity index (χ0n) is 12.6. The number of hydrogen-bond acceptors (Lipinski definition) is 5. The lowest BCUT2D eigenvalue weighted by molar-refractivity contribution is -0.142. The van der Waals surface area contributed by atoms with Crippen LogP contribution in [0.15, 0.2) is 42.1 Å². The van der Waals surface area contributed by atoms with E-state index in [1.807, 2.05) is 30.3 Å². The fourth-order valence-corrected chi connectivity index (χ4v) is 2.24. The third kappa shape index (κ3) is 3.72. The first-order chi connectivity index (χ1) is 10.9. The fourth-order valence-electron chi connectivity index (χ4n) is 1.99. The van der Waals surface area contributed by atoms with E-state index < -0.39 is 17.8 Å². The van der Waals surface area contributed by atoms with Crippen LogP contribution in [-0.2, 0) is 25.7 Å². The molecule has 0 atom stereocenters. The largest absolute Gasteiger partial charge is 0.464 e. The molecule has 120 valence electrons. The molecule has 23 heavy (non-hydrogen) atoms. The third-order valence-electron chi connectivity index (χ3n) is 3.11. The molecule has 0 radical (unpaired) electrons. The second-order valence-electron chi connectivity index (χ2n) is 4.70. The number of esters is 1. The van der Waals surface area contributed by atoms with Crippen molar-refractivity contribution in [2.24, 2.45) is 0 Å². The van der Waals surface area contributed by atoms with Crippen molar-refractivity contribution in [2.75, 3.05) is 7.11 Å². The summed E-state index contributed by atoms with van der Waals surface area (Å²) in [5.41, 5.74) is 3.23. The molecule has 1 aromatic carbocycles. The molecule has 2 amide bonds. The van der Waals surface area contributed by atoms with E-state index in [1.54, 1.807) is 0 Å². The Kier molecular flexibility index (Phi) is 5.07. The summed E-state index contributed by atoms with van der Waals surface area (Å²) in [7, 11) is 1.16. The summed E-state index contributed by atoms with van der Waals surface area (Å²) < 4.78 is 4.61. The Hall–Kier alpha value is -2.74. The second-order valence-corrected chi connectivity index (χ2v) is 5.09. The fraction of sp³-hybridized carbons (Fsp3) is 0.200. The normalized spacial score (nSPS) is 14.8. The van der Waals surface area contributed by atoms with Crippen LogP contribution in [0.5, 0.6) is 0 Å². The van der Waals surface area contributed by atoms with Crippen LogP contribution in [0.1, 0.15) is 12.5 Å². The summed E-state index contributed by atoms with van der Waals surface area (Å²) in [5, 5.41) is 0.918. The number of methoxy groups -OCH3 is 1. The minimum absolute atomic E-state index is 0.0178. The standard InChI is InChI=1S/C15H15N3O4S/c1-10(19)18-12(14(21)22-2)8-13(20)17(15(23)16-18)9-11-6-4-3-5-7-11/h3-8H,9H2,1-2H3,(H,16,23). The molecule has 1 aliphatic heterocycles. The van der Waals surface area contributed by atoms with Gasteiger partial charge in [-0.1, -0.05) is 30.3 Å². The van der Waals surface area contributed by atoms with Crippen LogP contribution in [0, 0.1) is 0 Å². The van der Waals surface area contributed by atoms with Gasteiger partial charge in [-0.2, -0.15) is 0 Å². The Bertz CT molecular complexity index is 687. The molecular weight excluding hydrogens is 318 g/mol. The third-order valence-corrected chi connectivity index (χ3v) is 3.42. The number of carbonyl (C=O) groups excluding carboxylic acids is 3. The molecule has 0 saturated carbocycles. The number of nitrogens with zero attached hydrogens (tertiary/aromatic N) is 2. The van der Waals surface area contributed by atoms with Gasteiger partial charge >= 0.3 is 5.97 Å².